The number of alkyl halides is 3. The van der Waals surface area contributed by atoms with E-state index in [0.717, 1.165) is 16.3 Å². The molecule has 2 nitrogen and oxygen atoms in total. The molecule has 21 heavy (non-hydrogen) atoms. The molecule has 0 aliphatic heterocycles. The second kappa shape index (κ2) is 7.04. The zero-order chi connectivity index (χ0) is 15.3. The number of halogens is 3. The van der Waals surface area contributed by atoms with Gasteiger partial charge in [0.15, 0.2) is 0 Å². The van der Waals surface area contributed by atoms with Gasteiger partial charge < -0.3 is 10.5 Å². The molecule has 0 aliphatic carbocycles. The lowest BCUT2D eigenvalue weighted by molar-refractivity contribution is -0.0329. The van der Waals surface area contributed by atoms with Gasteiger partial charge in [-0.3, -0.25) is 0 Å². The van der Waals surface area contributed by atoms with E-state index in [2.05, 4.69) is 0 Å². The molecule has 2 rings (SSSR count). The average Bonchev–Trinajstić information content (AvgIpc) is 2.44. The van der Waals surface area contributed by atoms with Gasteiger partial charge in [0.1, 0.15) is 5.75 Å². The highest BCUT2D eigenvalue weighted by atomic mass is 32.2. The van der Waals surface area contributed by atoms with Crippen molar-refractivity contribution in [2.24, 2.45) is 5.73 Å². The predicted octanol–water partition coefficient (Wildman–Crippen LogP) is 3.97. The van der Waals surface area contributed by atoms with Crippen LogP contribution >= 0.6 is 11.8 Å². The Morgan fingerprint density at radius 3 is 2.57 bits per heavy atom. The molecule has 6 heteroatoms. The van der Waals surface area contributed by atoms with Gasteiger partial charge in [-0.25, -0.2) is 0 Å². The quantitative estimate of drug-likeness (QED) is 0.819. The van der Waals surface area contributed by atoms with E-state index in [1.807, 2.05) is 30.3 Å². The van der Waals surface area contributed by atoms with Gasteiger partial charge >= 0.3 is 5.51 Å². The summed E-state index contributed by atoms with van der Waals surface area (Å²) in [5, 5.41) is 2.10. The van der Waals surface area contributed by atoms with Crippen molar-refractivity contribution in [2.45, 2.75) is 11.9 Å². The molecule has 0 saturated heterocycles. The molecule has 2 aromatic carbocycles. The molecule has 2 aromatic rings. The van der Waals surface area contributed by atoms with Gasteiger partial charge in [0.05, 0.1) is 6.61 Å². The first-order valence-corrected chi connectivity index (χ1v) is 7.54. The normalized spacial score (nSPS) is 11.8. The molecule has 0 spiro atoms. The molecule has 0 fully saturated rings. The largest absolute Gasteiger partial charge is 0.492 e. The molecule has 0 atom stereocenters. The van der Waals surface area contributed by atoms with E-state index in [-0.39, 0.29) is 24.1 Å². The average molecular weight is 315 g/mol. The lowest BCUT2D eigenvalue weighted by atomic mass is 10.0. The third-order valence-corrected chi connectivity index (χ3v) is 3.70. The summed E-state index contributed by atoms with van der Waals surface area (Å²) in [5.41, 5.74) is 2.36. The molecule has 2 N–H and O–H groups in total. The van der Waals surface area contributed by atoms with Crippen molar-refractivity contribution in [1.29, 1.82) is 0 Å². The summed E-state index contributed by atoms with van der Waals surface area (Å²) in [7, 11) is 0. The first kappa shape index (κ1) is 16.0. The number of hydrogen-bond acceptors (Lipinski definition) is 3. The van der Waals surface area contributed by atoms with Gasteiger partial charge in [-0.15, -0.1) is 0 Å². The first-order chi connectivity index (χ1) is 10.0. The van der Waals surface area contributed by atoms with Crippen LogP contribution in [0.4, 0.5) is 13.2 Å². The van der Waals surface area contributed by atoms with E-state index in [1.165, 1.54) is 0 Å². The fourth-order valence-electron chi connectivity index (χ4n) is 2.16. The van der Waals surface area contributed by atoms with Crippen LogP contribution in [0.25, 0.3) is 10.8 Å². The third-order valence-electron chi connectivity index (χ3n) is 3.00. The van der Waals surface area contributed by atoms with E-state index >= 15 is 0 Å². The molecule has 0 aliphatic rings. The Balaban J connectivity index is 2.13. The molecule has 0 heterocycles. The van der Waals surface area contributed by atoms with Crippen molar-refractivity contribution >= 4 is 22.5 Å². The van der Waals surface area contributed by atoms with Gasteiger partial charge in [0.25, 0.3) is 0 Å². The third kappa shape index (κ3) is 4.54. The molecular weight excluding hydrogens is 299 g/mol. The van der Waals surface area contributed by atoms with Crippen LogP contribution < -0.4 is 10.5 Å². The second-order valence-corrected chi connectivity index (χ2v) is 5.60. The SMILES string of the molecule is NCCc1c(OCCSC(F)(F)F)ccc2ccccc12. The maximum atomic E-state index is 12.1. The van der Waals surface area contributed by atoms with Crippen molar-refractivity contribution in [2.75, 3.05) is 18.9 Å². The second-order valence-electron chi connectivity index (χ2n) is 4.44. The van der Waals surface area contributed by atoms with Crippen LogP contribution in [-0.2, 0) is 6.42 Å². The van der Waals surface area contributed by atoms with Gasteiger partial charge in [0.2, 0.25) is 0 Å². The number of nitrogens with two attached hydrogens (primary N) is 1. The number of thioether (sulfide) groups is 1. The Labute approximate surface area is 125 Å². The number of fused-ring (bicyclic) bond motifs is 1. The lowest BCUT2D eigenvalue weighted by Crippen LogP contribution is -2.10. The van der Waals surface area contributed by atoms with Gasteiger partial charge in [-0.2, -0.15) is 13.2 Å². The molecule has 114 valence electrons. The van der Waals surface area contributed by atoms with E-state index in [9.17, 15) is 13.2 Å². The highest BCUT2D eigenvalue weighted by Gasteiger charge is 2.27. The van der Waals surface area contributed by atoms with E-state index in [1.54, 1.807) is 6.07 Å². The van der Waals surface area contributed by atoms with Crippen molar-refractivity contribution in [3.63, 3.8) is 0 Å². The molecule has 0 aromatic heterocycles. The molecule has 0 unspecified atom stereocenters. The van der Waals surface area contributed by atoms with Gasteiger partial charge in [0, 0.05) is 11.3 Å². The molecule has 0 saturated carbocycles. The number of rotatable bonds is 6. The van der Waals surface area contributed by atoms with Crippen molar-refractivity contribution in [3.05, 3.63) is 42.0 Å². The van der Waals surface area contributed by atoms with Gasteiger partial charge in [-0.1, -0.05) is 30.3 Å². The molecule has 0 bridgehead atoms. The minimum Gasteiger partial charge on any atom is -0.492 e. The molecule has 0 amide bonds. The summed E-state index contributed by atoms with van der Waals surface area (Å²) >= 11 is -0.0740. The standard InChI is InChI=1S/C15H16F3NOS/c16-15(17,18)21-10-9-20-14-6-5-11-3-1-2-4-12(11)13(14)7-8-19/h1-6H,7-10,19H2. The van der Waals surface area contributed by atoms with Crippen LogP contribution in [0.2, 0.25) is 0 Å². The topological polar surface area (TPSA) is 35.2 Å². The Kier molecular flexibility index (Phi) is 5.36. The highest BCUT2D eigenvalue weighted by molar-refractivity contribution is 8.00. The summed E-state index contributed by atoms with van der Waals surface area (Å²) in [6, 6.07) is 11.5. The number of hydrogen-bond donors (Lipinski definition) is 1. The Bertz CT molecular complexity index is 601. The van der Waals surface area contributed by atoms with Crippen molar-refractivity contribution in [1.82, 2.24) is 0 Å². The predicted molar refractivity (Wildman–Crippen MR) is 80.7 cm³/mol. The smallest absolute Gasteiger partial charge is 0.441 e. The Morgan fingerprint density at radius 1 is 1.10 bits per heavy atom. The minimum absolute atomic E-state index is 0.0140. The van der Waals surface area contributed by atoms with Crippen LogP contribution in [0.15, 0.2) is 36.4 Å². The monoisotopic (exact) mass is 315 g/mol. The number of ether oxygens (including phenoxy) is 1. The van der Waals surface area contributed by atoms with Crippen molar-refractivity contribution < 1.29 is 17.9 Å². The summed E-state index contributed by atoms with van der Waals surface area (Å²) in [4.78, 5) is 0. The maximum Gasteiger partial charge on any atom is 0.441 e. The maximum absolute atomic E-state index is 12.1. The summed E-state index contributed by atoms with van der Waals surface area (Å²) in [5.74, 6) is 0.486. The van der Waals surface area contributed by atoms with Crippen LogP contribution in [0.3, 0.4) is 0 Å². The molecular formula is C15H16F3NOS. The van der Waals surface area contributed by atoms with E-state index < -0.39 is 5.51 Å². The van der Waals surface area contributed by atoms with E-state index in [4.69, 9.17) is 10.5 Å². The zero-order valence-corrected chi connectivity index (χ0v) is 12.1. The first-order valence-electron chi connectivity index (χ1n) is 6.55. The van der Waals surface area contributed by atoms with Crippen molar-refractivity contribution in [3.8, 4) is 5.75 Å². The van der Waals surface area contributed by atoms with Crippen LogP contribution in [0, 0.1) is 0 Å². The zero-order valence-electron chi connectivity index (χ0n) is 11.3. The minimum atomic E-state index is -4.22. The Morgan fingerprint density at radius 2 is 1.86 bits per heavy atom. The van der Waals surface area contributed by atoms with Crippen LogP contribution in [0.1, 0.15) is 5.56 Å². The lowest BCUT2D eigenvalue weighted by Gasteiger charge is -2.14. The molecule has 0 radical (unpaired) electrons. The van der Waals surface area contributed by atoms with Crippen LogP contribution in [0.5, 0.6) is 5.75 Å². The summed E-state index contributed by atoms with van der Waals surface area (Å²) < 4.78 is 41.8. The van der Waals surface area contributed by atoms with Gasteiger partial charge in [-0.05, 0) is 41.6 Å². The summed E-state index contributed by atoms with van der Waals surface area (Å²) in [6.07, 6.45) is 0.628. The van der Waals surface area contributed by atoms with Crippen LogP contribution in [-0.4, -0.2) is 24.4 Å². The summed E-state index contributed by atoms with van der Waals surface area (Å²) in [6.45, 7) is 0.474. The fourth-order valence-corrected chi connectivity index (χ4v) is 2.56. The fraction of sp³-hybridized carbons (Fsp3) is 0.333. The Hall–Kier alpha value is -1.40. The van der Waals surface area contributed by atoms with E-state index in [0.29, 0.717) is 18.7 Å². The highest BCUT2D eigenvalue weighted by Crippen LogP contribution is 2.31. The number of benzene rings is 2.